The number of sulfonamides is 2. The Labute approximate surface area is 652 Å². The van der Waals surface area contributed by atoms with Gasteiger partial charge in [-0.2, -0.15) is 63.5 Å². The number of anilines is 1. The first-order valence-electron chi connectivity index (χ1n) is 27.9. The van der Waals surface area contributed by atoms with Crippen LogP contribution in [0.3, 0.4) is 0 Å². The molecule has 39 heteroatoms. The summed E-state index contributed by atoms with van der Waals surface area (Å²) in [5.74, 6) is -0.0218. The van der Waals surface area contributed by atoms with E-state index in [1.165, 1.54) is 107 Å². The normalized spacial score (nSPS) is 17.9. The molecular formula is C55H76Cl2F6K2N14O11S4. The number of aromatic nitrogens is 10. The van der Waals surface area contributed by atoms with Crippen LogP contribution < -0.4 is 137 Å². The quantitative estimate of drug-likeness (QED) is 0.0311. The van der Waals surface area contributed by atoms with Gasteiger partial charge in [0.15, 0.2) is 11.6 Å². The maximum atomic E-state index is 13.5. The SMILES string of the molecule is C[C@@H]1CNC(C)(C)C1.Cc1nn(C)cc1S(=O)(=O)NC(=O)c1ccc(-n2ccc(OCC3(C(F)(F)F)CCC3)n2)nc1Cl.Cc1nn(C)cc1S(=O)(=O)NC(=O)c1ccc(-n2ccc(OCC3(C(F)(F)F)CCC3)n2)nc1N1C[C@@H](C)CC1(C)C.Cl.O=CO[O-].S.S.[H-].[K+].[K+]. The Balaban J connectivity index is 0.000000772. The van der Waals surface area contributed by atoms with Crippen molar-refractivity contribution in [2.75, 3.05) is 31.2 Å². The van der Waals surface area contributed by atoms with Crippen LogP contribution in [0.15, 0.2) is 71.0 Å². The first kappa shape index (κ1) is 87.0. The number of carbonyl (C=O) groups excluding carboxylic acids is 3. The van der Waals surface area contributed by atoms with E-state index < -0.39 is 73.8 Å². The zero-order valence-electron chi connectivity index (χ0n) is 54.8. The smallest absolute Gasteiger partial charge is 1.00 e. The molecule has 0 unspecified atom stereocenters. The van der Waals surface area contributed by atoms with Gasteiger partial charge in [0.1, 0.15) is 44.8 Å². The molecule has 0 radical (unpaired) electrons. The molecule has 2 atom stereocenters. The molecule has 6 aromatic rings. The number of halogens is 8. The molecule has 4 aliphatic rings. The van der Waals surface area contributed by atoms with E-state index in [9.17, 15) is 52.8 Å². The van der Waals surface area contributed by atoms with Gasteiger partial charge >= 0.3 is 115 Å². The molecule has 94 heavy (non-hydrogen) atoms. The van der Waals surface area contributed by atoms with Crippen LogP contribution in [-0.4, -0.2) is 134 Å². The van der Waals surface area contributed by atoms with Gasteiger partial charge in [-0.15, -0.1) is 22.6 Å². The summed E-state index contributed by atoms with van der Waals surface area (Å²) in [6.45, 7) is 16.5. The van der Waals surface area contributed by atoms with Gasteiger partial charge in [-0.05, 0) is 123 Å². The number of hydrogen-bond donors (Lipinski definition) is 3. The fraction of sp³-hybridized carbons (Fsp3) is 0.545. The van der Waals surface area contributed by atoms with Crippen LogP contribution >= 0.6 is 51.0 Å². The Hall–Kier alpha value is -3.10. The number of alkyl halides is 6. The molecule has 0 aromatic carbocycles. The van der Waals surface area contributed by atoms with Crippen molar-refractivity contribution in [1.82, 2.24) is 63.9 Å². The fourth-order valence-electron chi connectivity index (χ4n) is 10.9. The van der Waals surface area contributed by atoms with Crippen molar-refractivity contribution < 1.29 is 181 Å². The van der Waals surface area contributed by atoms with Gasteiger partial charge in [-0.3, -0.25) is 23.7 Å². The molecule has 6 aromatic heterocycles. The van der Waals surface area contributed by atoms with Crippen molar-refractivity contribution in [2.24, 2.45) is 36.8 Å². The largest absolute Gasteiger partial charge is 1.00 e. The Bertz CT molecular complexity index is 3790. The topological polar surface area (TPSA) is 307 Å². The summed E-state index contributed by atoms with van der Waals surface area (Å²) in [4.78, 5) is 47.7. The minimum Gasteiger partial charge on any atom is -1.00 e. The van der Waals surface area contributed by atoms with Gasteiger partial charge in [0.2, 0.25) is 11.8 Å². The third-order valence-corrected chi connectivity index (χ3v) is 18.9. The Morgan fingerprint density at radius 2 is 1.13 bits per heavy atom. The van der Waals surface area contributed by atoms with E-state index in [0.717, 1.165) is 12.3 Å². The average molecular weight is 1500 g/mol. The van der Waals surface area contributed by atoms with E-state index in [1.54, 1.807) is 14.1 Å². The van der Waals surface area contributed by atoms with Crippen molar-refractivity contribution in [3.8, 4) is 23.4 Å². The molecule has 0 bridgehead atoms. The van der Waals surface area contributed by atoms with Crippen LogP contribution in [0, 0.1) is 36.5 Å². The minimum absolute atomic E-state index is 0. The molecule has 514 valence electrons. The maximum Gasteiger partial charge on any atom is 1.00 e. The number of hydrogen-bond acceptors (Lipinski definition) is 19. The van der Waals surface area contributed by atoms with Crippen LogP contribution in [0.5, 0.6) is 11.8 Å². The zero-order chi connectivity index (χ0) is 65.9. The summed E-state index contributed by atoms with van der Waals surface area (Å²) >= 11 is 6.11. The Morgan fingerprint density at radius 1 is 0.713 bits per heavy atom. The predicted octanol–water partition coefficient (Wildman–Crippen LogP) is 1.95. The molecule has 8 heterocycles. The summed E-state index contributed by atoms with van der Waals surface area (Å²) in [6.07, 6.45) is -0.0438. The third-order valence-electron chi connectivity index (χ3n) is 15.7. The summed E-state index contributed by atoms with van der Waals surface area (Å²) in [5, 5.41) is 27.9. The fourth-order valence-corrected chi connectivity index (χ4v) is 13.5. The second-order valence-corrected chi connectivity index (χ2v) is 27.6. The number of amides is 2. The molecule has 10 rings (SSSR count). The summed E-state index contributed by atoms with van der Waals surface area (Å²) < 4.78 is 152. The molecule has 2 amide bonds. The molecule has 2 saturated heterocycles. The van der Waals surface area contributed by atoms with Crippen molar-refractivity contribution in [2.45, 2.75) is 140 Å². The number of ether oxygens (including phenoxy) is 2. The number of aryl methyl sites for hydroxylation is 4. The first-order chi connectivity index (χ1) is 41.3. The Morgan fingerprint density at radius 3 is 1.44 bits per heavy atom. The van der Waals surface area contributed by atoms with Gasteiger partial charge in [-0.1, -0.05) is 38.3 Å². The molecule has 3 N–H and O–H groups in total. The number of nitrogens with one attached hydrogen (secondary N) is 3. The van der Waals surface area contributed by atoms with Crippen molar-refractivity contribution in [3.63, 3.8) is 0 Å². The van der Waals surface area contributed by atoms with E-state index >= 15 is 0 Å². The van der Waals surface area contributed by atoms with Gasteiger partial charge in [0.05, 0.1) is 22.5 Å². The maximum absolute atomic E-state index is 13.5. The number of pyridine rings is 2. The van der Waals surface area contributed by atoms with E-state index in [4.69, 9.17) is 36.1 Å². The molecule has 25 nitrogen and oxygen atoms in total. The molecule has 2 aliphatic carbocycles. The summed E-state index contributed by atoms with van der Waals surface area (Å²) in [6, 6.07) is 8.39. The third kappa shape index (κ3) is 21.2. The van der Waals surface area contributed by atoms with E-state index in [0.29, 0.717) is 24.9 Å². The molecule has 2 aliphatic heterocycles. The molecular weight excluding hydrogens is 1420 g/mol. The van der Waals surface area contributed by atoms with Gasteiger partial charge in [0.25, 0.3) is 38.3 Å². The van der Waals surface area contributed by atoms with Crippen LogP contribution in [0.2, 0.25) is 5.15 Å². The van der Waals surface area contributed by atoms with Gasteiger partial charge in [0, 0.05) is 68.6 Å². The monoisotopic (exact) mass is 1500 g/mol. The predicted molar refractivity (Wildman–Crippen MR) is 336 cm³/mol. The standard InChI is InChI=1S/C27H34F3N7O4S.C20H20ClF3N6O4S.C7H15N.CH2O3.ClH.2K.2H2S.H/c1-17-13-25(3,4)36(14-17)23-19(24(38)34-42(39,40)20-15-35(5)32-18(20)2)7-8-21(31-23)37-12-9-22(33-37)41-16-26(10-6-11-26)27(28,29)30;1-12-14(10-29(2)26-12)35(32,33)28-18(31)13-4-5-15(25-17(13)21)30-9-6-16(27-30)34-11-19(7-3-8-19)20(22,23)24;1-6-4-7(2,3)8-5-6;2-1-4-3;;;;;;/h7-9,12,15,17H,6,10-11,13-14,16H2,1-5H3,(H,34,38);4-6,9-10H,3,7-8,11H2,1-2H3,(H,28,31);6,8H,4-5H2,1-3H3;1,3H;1H;;;2*1H2;/q;;;;;2*+1;;;-1/p-1/t17-;;6-;;;;;;;/m0.0......./s1. The van der Waals surface area contributed by atoms with Crippen molar-refractivity contribution >= 4 is 95.2 Å². The number of rotatable bonds is 16. The molecule has 4 fully saturated rings. The summed E-state index contributed by atoms with van der Waals surface area (Å²) in [7, 11) is -5.30. The van der Waals surface area contributed by atoms with Gasteiger partial charge < -0.3 is 31.3 Å². The van der Waals surface area contributed by atoms with Crippen LogP contribution in [-0.2, 0) is 43.8 Å². The van der Waals surface area contributed by atoms with Crippen molar-refractivity contribution in [1.29, 1.82) is 0 Å². The van der Waals surface area contributed by atoms with E-state index in [2.05, 4.69) is 68.0 Å². The molecule has 0 spiro atoms. The Kier molecular flexibility index (Phi) is 32.2. The second-order valence-electron chi connectivity index (χ2n) is 24.0. The van der Waals surface area contributed by atoms with E-state index in [1.807, 2.05) is 23.5 Å². The van der Waals surface area contributed by atoms with Crippen LogP contribution in [0.25, 0.3) is 11.6 Å². The van der Waals surface area contributed by atoms with Crippen LogP contribution in [0.4, 0.5) is 32.2 Å². The minimum atomic E-state index is -4.36. The first-order valence-corrected chi connectivity index (χ1v) is 31.3. The second kappa shape index (κ2) is 34.8. The summed E-state index contributed by atoms with van der Waals surface area (Å²) in [5.41, 5.74) is -3.40. The van der Waals surface area contributed by atoms with Crippen molar-refractivity contribution in [3.05, 3.63) is 88.9 Å². The number of carbonyl (C=O) groups is 3. The molecule has 2 saturated carbocycles. The van der Waals surface area contributed by atoms with Crippen LogP contribution in [0.1, 0.15) is 126 Å². The van der Waals surface area contributed by atoms with E-state index in [-0.39, 0.29) is 248 Å². The average Bonchev–Trinajstić information content (AvgIpc) is 1.10. The van der Waals surface area contributed by atoms with Gasteiger partial charge in [-0.25, -0.2) is 45.6 Å². The number of nitrogens with zero attached hydrogens (tertiary/aromatic N) is 11. The zero-order valence-corrected chi connectivity index (χ0v) is 65.2.